The van der Waals surface area contributed by atoms with Crippen LogP contribution in [0.3, 0.4) is 0 Å². The zero-order valence-corrected chi connectivity index (χ0v) is 15.2. The lowest BCUT2D eigenvalue weighted by atomic mass is 10.2. The molecule has 0 radical (unpaired) electrons. The molecule has 8 nitrogen and oxygen atoms in total. The number of nitrogens with one attached hydrogen (secondary N) is 2. The van der Waals surface area contributed by atoms with E-state index in [1.54, 1.807) is 36.4 Å². The Morgan fingerprint density at radius 1 is 1.15 bits per heavy atom. The quantitative estimate of drug-likeness (QED) is 0.756. The van der Waals surface area contributed by atoms with Crippen molar-refractivity contribution in [2.45, 2.75) is 11.3 Å². The zero-order valence-electron chi connectivity index (χ0n) is 14.4. The molecule has 1 heterocycles. The van der Waals surface area contributed by atoms with Gasteiger partial charge in [0.05, 0.1) is 24.1 Å². The summed E-state index contributed by atoms with van der Waals surface area (Å²) < 4.78 is 31.0. The third-order valence-electron chi connectivity index (χ3n) is 3.84. The molecule has 0 saturated carbocycles. The second kappa shape index (κ2) is 7.58. The highest BCUT2D eigenvalue weighted by Crippen LogP contribution is 2.22. The summed E-state index contributed by atoms with van der Waals surface area (Å²) in [5.41, 5.74) is 1.28. The molecule has 0 spiro atoms. The number of hydrogen-bond donors (Lipinski definition) is 2. The number of carbonyl (C=O) groups is 2. The first-order chi connectivity index (χ1) is 12.9. The van der Waals surface area contributed by atoms with Crippen molar-refractivity contribution in [1.82, 2.24) is 4.72 Å². The molecule has 9 heteroatoms. The Hall–Kier alpha value is -3.20. The Morgan fingerprint density at radius 2 is 1.93 bits per heavy atom. The summed E-state index contributed by atoms with van der Waals surface area (Å²) in [6, 6.07) is 12.9. The minimum atomic E-state index is -3.59. The molecule has 0 saturated heterocycles. The molecule has 27 heavy (non-hydrogen) atoms. The van der Waals surface area contributed by atoms with Gasteiger partial charge in [-0.15, -0.1) is 0 Å². The molecule has 0 bridgehead atoms. The maximum atomic E-state index is 12.1. The zero-order chi connectivity index (χ0) is 19.4. The van der Waals surface area contributed by atoms with Gasteiger partial charge in [0.2, 0.25) is 5.91 Å². The molecular formula is C18H17N3O5S. The fourth-order valence-corrected chi connectivity index (χ4v) is 3.84. The van der Waals surface area contributed by atoms with Gasteiger partial charge in [-0.3, -0.25) is 14.5 Å². The molecule has 1 aliphatic heterocycles. The number of benzene rings is 2. The molecule has 0 unspecified atom stereocenters. The van der Waals surface area contributed by atoms with Crippen molar-refractivity contribution in [2.24, 2.45) is 4.99 Å². The second-order valence-corrected chi connectivity index (χ2v) is 7.35. The van der Waals surface area contributed by atoms with Gasteiger partial charge in [0.1, 0.15) is 5.84 Å². The highest BCUT2D eigenvalue weighted by atomic mass is 32.2. The molecule has 3 rings (SSSR count). The van der Waals surface area contributed by atoms with Crippen LogP contribution in [0.25, 0.3) is 0 Å². The average Bonchev–Trinajstić information content (AvgIpc) is 2.92. The van der Waals surface area contributed by atoms with Gasteiger partial charge < -0.3 is 10.1 Å². The Balaban J connectivity index is 1.62. The van der Waals surface area contributed by atoms with E-state index < -0.39 is 16.0 Å². The van der Waals surface area contributed by atoms with Crippen LogP contribution in [0, 0.1) is 0 Å². The van der Waals surface area contributed by atoms with E-state index in [-0.39, 0.29) is 29.6 Å². The topological polar surface area (TPSA) is 114 Å². The Labute approximate surface area is 156 Å². The summed E-state index contributed by atoms with van der Waals surface area (Å²) in [6.07, 6.45) is 0.0514. The van der Waals surface area contributed by atoms with Crippen LogP contribution in [0.15, 0.2) is 58.4 Å². The van der Waals surface area contributed by atoms with Gasteiger partial charge in [-0.05, 0) is 30.3 Å². The first kappa shape index (κ1) is 18.6. The van der Waals surface area contributed by atoms with Crippen LogP contribution in [0.2, 0.25) is 0 Å². The Kier molecular flexibility index (Phi) is 5.22. The van der Waals surface area contributed by atoms with Crippen molar-refractivity contribution in [2.75, 3.05) is 19.0 Å². The van der Waals surface area contributed by atoms with Gasteiger partial charge in [-0.25, -0.2) is 13.2 Å². The molecule has 140 valence electrons. The number of esters is 1. The van der Waals surface area contributed by atoms with Crippen molar-refractivity contribution >= 4 is 33.4 Å². The maximum Gasteiger partial charge on any atom is 0.337 e. The van der Waals surface area contributed by atoms with Gasteiger partial charge in [0.15, 0.2) is 0 Å². The Bertz CT molecular complexity index is 1030. The monoisotopic (exact) mass is 387 g/mol. The minimum Gasteiger partial charge on any atom is -0.465 e. The number of anilines is 1. The number of ether oxygens (including phenoxy) is 1. The number of aliphatic imine (C=N–C) groups is 1. The molecule has 2 aromatic rings. The lowest BCUT2D eigenvalue weighted by Crippen LogP contribution is -2.23. The molecule has 0 aromatic heterocycles. The van der Waals surface area contributed by atoms with Gasteiger partial charge in [0.25, 0.3) is 10.0 Å². The summed E-state index contributed by atoms with van der Waals surface area (Å²) in [5, 5.41) is 2.67. The van der Waals surface area contributed by atoms with Gasteiger partial charge in [-0.1, -0.05) is 18.2 Å². The molecule has 2 N–H and O–H groups in total. The van der Waals surface area contributed by atoms with Crippen molar-refractivity contribution in [3.05, 3.63) is 59.7 Å². The number of nitrogens with zero attached hydrogens (tertiary/aromatic N) is 1. The number of hydrogen-bond acceptors (Lipinski definition) is 6. The van der Waals surface area contributed by atoms with Crippen LogP contribution in [0.1, 0.15) is 22.3 Å². The predicted octanol–water partition coefficient (Wildman–Crippen LogP) is 1.54. The van der Waals surface area contributed by atoms with Crippen LogP contribution in [-0.4, -0.2) is 39.8 Å². The van der Waals surface area contributed by atoms with Crippen molar-refractivity contribution in [3.63, 3.8) is 0 Å². The summed E-state index contributed by atoms with van der Waals surface area (Å²) in [4.78, 5) is 28.0. The van der Waals surface area contributed by atoms with E-state index in [9.17, 15) is 18.0 Å². The van der Waals surface area contributed by atoms with Crippen molar-refractivity contribution < 1.29 is 22.7 Å². The fourth-order valence-electron chi connectivity index (χ4n) is 2.59. The van der Waals surface area contributed by atoms with Crippen LogP contribution < -0.4 is 10.0 Å². The Morgan fingerprint density at radius 3 is 2.70 bits per heavy atom. The smallest absolute Gasteiger partial charge is 0.337 e. The first-order valence-electron chi connectivity index (χ1n) is 8.05. The van der Waals surface area contributed by atoms with Gasteiger partial charge in [0, 0.05) is 17.7 Å². The molecule has 0 atom stereocenters. The van der Waals surface area contributed by atoms with E-state index in [4.69, 9.17) is 0 Å². The molecule has 0 fully saturated rings. The van der Waals surface area contributed by atoms with E-state index in [0.29, 0.717) is 16.8 Å². The van der Waals surface area contributed by atoms with E-state index in [1.165, 1.54) is 19.2 Å². The second-order valence-electron chi connectivity index (χ2n) is 5.70. The van der Waals surface area contributed by atoms with Crippen molar-refractivity contribution in [1.29, 1.82) is 0 Å². The number of methoxy groups -OCH3 is 1. The predicted molar refractivity (Wildman–Crippen MR) is 99.2 cm³/mol. The summed E-state index contributed by atoms with van der Waals surface area (Å²) in [6.45, 7) is 0.106. The third kappa shape index (κ3) is 4.14. The van der Waals surface area contributed by atoms with Crippen LogP contribution in [-0.2, 0) is 19.6 Å². The molecule has 1 amide bonds. The lowest BCUT2D eigenvalue weighted by Gasteiger charge is -2.06. The van der Waals surface area contributed by atoms with E-state index in [1.807, 2.05) is 0 Å². The number of amides is 1. The number of amidine groups is 1. The van der Waals surface area contributed by atoms with Gasteiger partial charge in [-0.2, -0.15) is 0 Å². The average molecular weight is 387 g/mol. The number of sulfonamides is 1. The van der Waals surface area contributed by atoms with Gasteiger partial charge >= 0.3 is 5.97 Å². The highest BCUT2D eigenvalue weighted by Gasteiger charge is 2.29. The summed E-state index contributed by atoms with van der Waals surface area (Å²) in [5.74, 6) is -0.578. The molecule has 1 aliphatic rings. The molecule has 2 aromatic carbocycles. The molecular weight excluding hydrogens is 370 g/mol. The lowest BCUT2D eigenvalue weighted by molar-refractivity contribution is -0.116. The number of carbonyl (C=O) groups excluding carboxylic acids is 2. The van der Waals surface area contributed by atoms with Crippen LogP contribution >= 0.6 is 0 Å². The van der Waals surface area contributed by atoms with E-state index >= 15 is 0 Å². The highest BCUT2D eigenvalue weighted by molar-refractivity contribution is 7.90. The summed E-state index contributed by atoms with van der Waals surface area (Å²) >= 11 is 0. The standard InChI is InChI=1S/C18H17N3O5S/c1-26-18(23)12-5-4-6-13(11-12)20-16(22)9-10-19-17-14-7-2-3-8-15(14)27(24,25)21-17/h2-8,11H,9-10H2,1H3,(H,19,21)(H,20,22). The summed E-state index contributed by atoms with van der Waals surface area (Å²) in [7, 11) is -2.31. The normalized spacial score (nSPS) is 15.7. The SMILES string of the molecule is COC(=O)c1cccc(NC(=O)CCN=C2NS(=O)(=O)c3ccccc32)c1. The van der Waals surface area contributed by atoms with Crippen LogP contribution in [0.5, 0.6) is 0 Å². The number of rotatable bonds is 5. The van der Waals surface area contributed by atoms with Crippen LogP contribution in [0.4, 0.5) is 5.69 Å². The van der Waals surface area contributed by atoms with E-state index in [2.05, 4.69) is 19.8 Å². The van der Waals surface area contributed by atoms with Crippen molar-refractivity contribution in [3.8, 4) is 0 Å². The fraction of sp³-hybridized carbons (Fsp3) is 0.167. The van der Waals surface area contributed by atoms with E-state index in [0.717, 1.165) is 0 Å². The largest absolute Gasteiger partial charge is 0.465 e. The molecule has 0 aliphatic carbocycles. The third-order valence-corrected chi connectivity index (χ3v) is 5.24. The maximum absolute atomic E-state index is 12.1. The minimum absolute atomic E-state index is 0.0514. The number of fused-ring (bicyclic) bond motifs is 1. The first-order valence-corrected chi connectivity index (χ1v) is 9.54.